The summed E-state index contributed by atoms with van der Waals surface area (Å²) in [5, 5.41) is 2.16. The highest BCUT2D eigenvalue weighted by atomic mass is 32.1. The van der Waals surface area contributed by atoms with E-state index in [1.807, 2.05) is 11.3 Å². The van der Waals surface area contributed by atoms with Crippen LogP contribution in [0.3, 0.4) is 0 Å². The van der Waals surface area contributed by atoms with Gasteiger partial charge in [0.15, 0.2) is 0 Å². The molecule has 0 aromatic carbocycles. The van der Waals surface area contributed by atoms with Crippen molar-refractivity contribution in [2.24, 2.45) is 5.73 Å². The summed E-state index contributed by atoms with van der Waals surface area (Å²) in [6, 6.07) is 4.81. The van der Waals surface area contributed by atoms with Gasteiger partial charge in [-0.15, -0.1) is 11.3 Å². The Bertz CT molecular complexity index is 315. The maximum absolute atomic E-state index is 6.13. The Labute approximate surface area is 116 Å². The Hall–Kier alpha value is -0.380. The molecule has 0 saturated heterocycles. The van der Waals surface area contributed by atoms with Crippen LogP contribution in [0.25, 0.3) is 0 Å². The van der Waals surface area contributed by atoms with Crippen molar-refractivity contribution in [3.63, 3.8) is 0 Å². The van der Waals surface area contributed by atoms with Crippen LogP contribution in [0, 0.1) is 0 Å². The van der Waals surface area contributed by atoms with Crippen molar-refractivity contribution in [1.82, 2.24) is 4.90 Å². The van der Waals surface area contributed by atoms with E-state index in [4.69, 9.17) is 5.73 Å². The molecule has 2 N–H and O–H groups in total. The third-order valence-electron chi connectivity index (χ3n) is 4.09. The number of nitrogens with zero attached hydrogens (tertiary/aromatic N) is 1. The summed E-state index contributed by atoms with van der Waals surface area (Å²) in [5.41, 5.74) is 6.29. The highest BCUT2D eigenvalue weighted by Gasteiger charge is 2.34. The molecule has 1 heterocycles. The minimum absolute atomic E-state index is 0.160. The van der Waals surface area contributed by atoms with Crippen LogP contribution < -0.4 is 5.73 Å². The number of thiophene rings is 1. The molecule has 0 bridgehead atoms. The van der Waals surface area contributed by atoms with Gasteiger partial charge in [-0.2, -0.15) is 0 Å². The van der Waals surface area contributed by atoms with E-state index in [1.54, 1.807) is 0 Å². The normalized spacial score (nSPS) is 14.1. The van der Waals surface area contributed by atoms with E-state index < -0.39 is 0 Å². The van der Waals surface area contributed by atoms with Gasteiger partial charge in [0.1, 0.15) is 0 Å². The molecule has 0 radical (unpaired) electrons. The lowest BCUT2D eigenvalue weighted by atomic mass is 9.86. The fourth-order valence-electron chi connectivity index (χ4n) is 2.89. The third kappa shape index (κ3) is 3.34. The number of likely N-dealkylation sites (N-methyl/N-ethyl adjacent to an activating group) is 1. The predicted molar refractivity (Wildman–Crippen MR) is 82.1 cm³/mol. The first kappa shape index (κ1) is 15.7. The van der Waals surface area contributed by atoms with E-state index in [0.29, 0.717) is 6.04 Å². The van der Waals surface area contributed by atoms with Gasteiger partial charge in [-0.3, -0.25) is 4.90 Å². The Morgan fingerprint density at radius 1 is 1.33 bits per heavy atom. The molecule has 3 heteroatoms. The average molecular weight is 268 g/mol. The van der Waals surface area contributed by atoms with Gasteiger partial charge in [0.25, 0.3) is 0 Å². The quantitative estimate of drug-likeness (QED) is 0.771. The van der Waals surface area contributed by atoms with Crippen molar-refractivity contribution in [3.05, 3.63) is 22.4 Å². The second kappa shape index (κ2) is 7.27. The van der Waals surface area contributed by atoms with Crippen molar-refractivity contribution in [2.75, 3.05) is 13.6 Å². The Morgan fingerprint density at radius 3 is 2.33 bits per heavy atom. The lowest BCUT2D eigenvalue weighted by Crippen LogP contribution is -2.52. The SMILES string of the molecule is CCCC(CN)(CCC)N(C)C(C)c1cccs1. The molecule has 0 aliphatic heterocycles. The van der Waals surface area contributed by atoms with Gasteiger partial charge in [-0.05, 0) is 38.3 Å². The molecule has 1 rings (SSSR count). The molecule has 0 saturated carbocycles. The molecule has 1 aromatic heterocycles. The molecule has 1 atom stereocenters. The molecular formula is C15H28N2S. The van der Waals surface area contributed by atoms with Gasteiger partial charge in [0, 0.05) is 23.0 Å². The maximum atomic E-state index is 6.13. The van der Waals surface area contributed by atoms with Gasteiger partial charge in [0.05, 0.1) is 0 Å². The lowest BCUT2D eigenvalue weighted by Gasteiger charge is -2.44. The molecule has 1 unspecified atom stereocenters. The molecule has 1 aromatic rings. The van der Waals surface area contributed by atoms with Gasteiger partial charge in [-0.25, -0.2) is 0 Å². The summed E-state index contributed by atoms with van der Waals surface area (Å²) in [5.74, 6) is 0. The highest BCUT2D eigenvalue weighted by molar-refractivity contribution is 7.10. The summed E-state index contributed by atoms with van der Waals surface area (Å²) in [6.45, 7) is 7.55. The minimum Gasteiger partial charge on any atom is -0.329 e. The lowest BCUT2D eigenvalue weighted by molar-refractivity contribution is 0.0670. The fourth-order valence-corrected chi connectivity index (χ4v) is 3.71. The first-order valence-electron chi connectivity index (χ1n) is 7.07. The smallest absolute Gasteiger partial charge is 0.0416 e. The van der Waals surface area contributed by atoms with Crippen molar-refractivity contribution in [1.29, 1.82) is 0 Å². The molecule has 0 aliphatic rings. The van der Waals surface area contributed by atoms with E-state index >= 15 is 0 Å². The van der Waals surface area contributed by atoms with Crippen LogP contribution in [-0.4, -0.2) is 24.0 Å². The van der Waals surface area contributed by atoms with Crippen LogP contribution in [0.2, 0.25) is 0 Å². The van der Waals surface area contributed by atoms with Crippen molar-refractivity contribution in [2.45, 2.75) is 58.0 Å². The van der Waals surface area contributed by atoms with Crippen molar-refractivity contribution >= 4 is 11.3 Å². The zero-order valence-electron chi connectivity index (χ0n) is 12.3. The second-order valence-corrected chi connectivity index (χ2v) is 6.21. The molecule has 104 valence electrons. The molecule has 0 amide bonds. The van der Waals surface area contributed by atoms with Crippen LogP contribution in [-0.2, 0) is 0 Å². The largest absolute Gasteiger partial charge is 0.329 e. The number of hydrogen-bond acceptors (Lipinski definition) is 3. The van der Waals surface area contributed by atoms with Crippen LogP contribution in [0.5, 0.6) is 0 Å². The summed E-state index contributed by atoms with van der Waals surface area (Å²) < 4.78 is 0. The first-order chi connectivity index (χ1) is 8.61. The average Bonchev–Trinajstić information content (AvgIpc) is 2.90. The molecule has 2 nitrogen and oxygen atoms in total. The number of nitrogens with two attached hydrogens (primary N) is 1. The second-order valence-electron chi connectivity index (χ2n) is 5.23. The van der Waals surface area contributed by atoms with Crippen LogP contribution in [0.4, 0.5) is 0 Å². The van der Waals surface area contributed by atoms with Gasteiger partial charge in [0.2, 0.25) is 0 Å². The van der Waals surface area contributed by atoms with Gasteiger partial charge >= 0.3 is 0 Å². The van der Waals surface area contributed by atoms with E-state index in [0.717, 1.165) is 6.54 Å². The van der Waals surface area contributed by atoms with Crippen LogP contribution in [0.1, 0.15) is 57.4 Å². The Kier molecular flexibility index (Phi) is 6.33. The van der Waals surface area contributed by atoms with Crippen LogP contribution >= 0.6 is 11.3 Å². The molecule has 0 aliphatic carbocycles. The van der Waals surface area contributed by atoms with Crippen LogP contribution in [0.15, 0.2) is 17.5 Å². The Morgan fingerprint density at radius 2 is 1.94 bits per heavy atom. The monoisotopic (exact) mass is 268 g/mol. The highest BCUT2D eigenvalue weighted by Crippen LogP contribution is 2.34. The van der Waals surface area contributed by atoms with E-state index in [9.17, 15) is 0 Å². The summed E-state index contributed by atoms with van der Waals surface area (Å²) in [6.07, 6.45) is 4.75. The topological polar surface area (TPSA) is 29.3 Å². The zero-order chi connectivity index (χ0) is 13.6. The molecule has 0 fully saturated rings. The molecular weight excluding hydrogens is 240 g/mol. The Balaban J connectivity index is 2.90. The zero-order valence-corrected chi connectivity index (χ0v) is 13.1. The number of rotatable bonds is 8. The van der Waals surface area contributed by atoms with Crippen molar-refractivity contribution < 1.29 is 0 Å². The van der Waals surface area contributed by atoms with Gasteiger partial charge < -0.3 is 5.73 Å². The summed E-state index contributed by atoms with van der Waals surface area (Å²) in [7, 11) is 2.24. The predicted octanol–water partition coefficient (Wildman–Crippen LogP) is 4.04. The number of hydrogen-bond donors (Lipinski definition) is 1. The van der Waals surface area contributed by atoms with Gasteiger partial charge in [-0.1, -0.05) is 32.8 Å². The summed E-state index contributed by atoms with van der Waals surface area (Å²) >= 11 is 1.84. The molecule has 18 heavy (non-hydrogen) atoms. The minimum atomic E-state index is 0.160. The maximum Gasteiger partial charge on any atom is 0.0416 e. The standard InChI is InChI=1S/C15H28N2S/c1-5-9-15(12-16,10-6-2)17(4)13(3)14-8-7-11-18-14/h7-8,11,13H,5-6,9-10,12,16H2,1-4H3. The first-order valence-corrected chi connectivity index (χ1v) is 7.95. The van der Waals surface area contributed by atoms with E-state index in [2.05, 4.69) is 50.2 Å². The van der Waals surface area contributed by atoms with E-state index in [-0.39, 0.29) is 5.54 Å². The third-order valence-corrected chi connectivity index (χ3v) is 5.14. The van der Waals surface area contributed by atoms with E-state index in [1.165, 1.54) is 30.6 Å². The summed E-state index contributed by atoms with van der Waals surface area (Å²) in [4.78, 5) is 3.94. The van der Waals surface area contributed by atoms with Crippen molar-refractivity contribution in [3.8, 4) is 0 Å². The fraction of sp³-hybridized carbons (Fsp3) is 0.733. The molecule has 0 spiro atoms.